The van der Waals surface area contributed by atoms with Crippen LogP contribution in [0, 0.1) is 0 Å². The maximum absolute atomic E-state index is 13.4. The van der Waals surface area contributed by atoms with Gasteiger partial charge in [0.25, 0.3) is 5.56 Å². The summed E-state index contributed by atoms with van der Waals surface area (Å²) < 4.78 is 22.9. The van der Waals surface area contributed by atoms with Crippen molar-refractivity contribution in [2.24, 2.45) is 5.73 Å². The van der Waals surface area contributed by atoms with E-state index in [1.54, 1.807) is 23.6 Å². The molecule has 10 nitrogen and oxygen atoms in total. The summed E-state index contributed by atoms with van der Waals surface area (Å²) in [5, 5.41) is 0.858. The van der Waals surface area contributed by atoms with Gasteiger partial charge in [0.15, 0.2) is 11.5 Å². The van der Waals surface area contributed by atoms with Crippen LogP contribution in [0.25, 0.3) is 22.3 Å². The van der Waals surface area contributed by atoms with Gasteiger partial charge in [-0.25, -0.2) is 14.6 Å². The molecule has 162 valence electrons. The van der Waals surface area contributed by atoms with Crippen molar-refractivity contribution in [1.82, 2.24) is 9.55 Å². The van der Waals surface area contributed by atoms with Gasteiger partial charge in [-0.05, 0) is 24.6 Å². The van der Waals surface area contributed by atoms with Gasteiger partial charge in [-0.3, -0.25) is 4.79 Å². The highest BCUT2D eigenvalue weighted by molar-refractivity contribution is 5.89. The fourth-order valence-electron chi connectivity index (χ4n) is 4.70. The lowest BCUT2D eigenvalue weighted by Gasteiger charge is -2.35. The molecule has 1 amide bonds. The van der Waals surface area contributed by atoms with Gasteiger partial charge in [0.05, 0.1) is 29.0 Å². The number of carbonyl (C=O) groups excluding carboxylic acids is 2. The topological polar surface area (TPSA) is 132 Å². The predicted molar refractivity (Wildman–Crippen MR) is 109 cm³/mol. The smallest absolute Gasteiger partial charge is 0.405 e. The van der Waals surface area contributed by atoms with Gasteiger partial charge in [-0.15, -0.1) is 0 Å². The standard InChI is InChI=1S/C22H17N3O7/c1-2-22(32-21(23)28)13-5-15-18-11(7-25(15)19(26)12(13)8-29-20(22)27)3-10-4-16-17(31-9-30-16)6-14(10)24-18/h3-6H,2,7-9H2,1H3,(H2,23,28)/t22-/m0/s1. The third-order valence-corrected chi connectivity index (χ3v) is 6.24. The van der Waals surface area contributed by atoms with Crippen LogP contribution in [-0.2, 0) is 33.0 Å². The second kappa shape index (κ2) is 6.22. The summed E-state index contributed by atoms with van der Waals surface area (Å²) in [6.07, 6.45) is -1.07. The Morgan fingerprint density at radius 2 is 1.97 bits per heavy atom. The van der Waals surface area contributed by atoms with E-state index in [2.05, 4.69) is 0 Å². The van der Waals surface area contributed by atoms with E-state index in [4.69, 9.17) is 29.7 Å². The van der Waals surface area contributed by atoms with Crippen molar-refractivity contribution >= 4 is 23.0 Å². The average molecular weight is 435 g/mol. The van der Waals surface area contributed by atoms with Crippen molar-refractivity contribution in [3.63, 3.8) is 0 Å². The maximum Gasteiger partial charge on any atom is 0.405 e. The first kappa shape index (κ1) is 18.7. The summed E-state index contributed by atoms with van der Waals surface area (Å²) in [5.41, 5.74) is 6.36. The molecule has 2 aromatic heterocycles. The Balaban J connectivity index is 1.59. The van der Waals surface area contributed by atoms with Crippen molar-refractivity contribution in [3.8, 4) is 22.9 Å². The highest BCUT2D eigenvalue weighted by atomic mass is 16.7. The van der Waals surface area contributed by atoms with Gasteiger partial charge in [-0.2, -0.15) is 0 Å². The van der Waals surface area contributed by atoms with Gasteiger partial charge >= 0.3 is 12.1 Å². The Bertz CT molecular complexity index is 1430. The molecular weight excluding hydrogens is 418 g/mol. The van der Waals surface area contributed by atoms with Crippen molar-refractivity contribution in [2.45, 2.75) is 32.1 Å². The van der Waals surface area contributed by atoms with Crippen molar-refractivity contribution < 1.29 is 28.5 Å². The summed E-state index contributed by atoms with van der Waals surface area (Å²) >= 11 is 0. The number of aromatic nitrogens is 2. The molecule has 0 saturated carbocycles. The number of ether oxygens (including phenoxy) is 4. The van der Waals surface area contributed by atoms with Crippen LogP contribution in [0.5, 0.6) is 11.5 Å². The van der Waals surface area contributed by atoms with Crippen molar-refractivity contribution in [3.05, 3.63) is 51.3 Å². The van der Waals surface area contributed by atoms with Crippen LogP contribution in [-0.4, -0.2) is 28.4 Å². The van der Waals surface area contributed by atoms with Gasteiger partial charge in [0.1, 0.15) is 6.61 Å². The molecule has 3 aromatic rings. The van der Waals surface area contributed by atoms with Gasteiger partial charge < -0.3 is 29.2 Å². The van der Waals surface area contributed by atoms with Crippen LogP contribution in [0.2, 0.25) is 0 Å². The molecule has 10 heteroatoms. The third kappa shape index (κ3) is 2.34. The maximum atomic E-state index is 13.4. The Morgan fingerprint density at radius 3 is 2.72 bits per heavy atom. The van der Waals surface area contributed by atoms with E-state index in [0.29, 0.717) is 34.9 Å². The quantitative estimate of drug-likeness (QED) is 0.472. The fraction of sp³-hybridized carbons (Fsp3) is 0.273. The Morgan fingerprint density at radius 1 is 1.19 bits per heavy atom. The number of esters is 1. The number of rotatable bonds is 2. The normalized spacial score (nSPS) is 19.8. The largest absolute Gasteiger partial charge is 0.457 e. The molecule has 3 aliphatic heterocycles. The number of hydrogen-bond acceptors (Lipinski definition) is 8. The second-order valence-electron chi connectivity index (χ2n) is 7.89. The number of fused-ring (bicyclic) bond motifs is 6. The highest BCUT2D eigenvalue weighted by Crippen LogP contribution is 2.42. The van der Waals surface area contributed by atoms with Gasteiger partial charge in [-0.1, -0.05) is 6.92 Å². The van der Waals surface area contributed by atoms with Crippen LogP contribution < -0.4 is 20.8 Å². The number of cyclic esters (lactones) is 1. The molecule has 0 aliphatic carbocycles. The van der Waals surface area contributed by atoms with Crippen LogP contribution >= 0.6 is 0 Å². The summed E-state index contributed by atoms with van der Waals surface area (Å²) in [6, 6.07) is 7.29. The van der Waals surface area contributed by atoms with Crippen molar-refractivity contribution in [2.75, 3.05) is 6.79 Å². The average Bonchev–Trinajstić information content (AvgIpc) is 3.36. The van der Waals surface area contributed by atoms with E-state index < -0.39 is 17.7 Å². The minimum absolute atomic E-state index is 0.0617. The molecular formula is C22H17N3O7. The van der Waals surface area contributed by atoms with Gasteiger partial charge in [0.2, 0.25) is 12.4 Å². The Hall–Kier alpha value is -4.08. The molecule has 5 heterocycles. The summed E-state index contributed by atoms with van der Waals surface area (Å²) in [7, 11) is 0. The molecule has 0 unspecified atom stereocenters. The first-order valence-electron chi connectivity index (χ1n) is 10.1. The Labute approximate surface area is 180 Å². The van der Waals surface area contributed by atoms with E-state index >= 15 is 0 Å². The van der Waals surface area contributed by atoms with Crippen molar-refractivity contribution in [1.29, 1.82) is 0 Å². The monoisotopic (exact) mass is 435 g/mol. The lowest BCUT2D eigenvalue weighted by atomic mass is 9.85. The number of pyridine rings is 2. The molecule has 2 N–H and O–H groups in total. The SMILES string of the molecule is CC[C@@]1(OC(N)=O)C(=O)OCc2c1cc1n(c2=O)Cc2cc3cc4c(cc3nc2-1)OCO4. The van der Waals surface area contributed by atoms with Crippen LogP contribution in [0.1, 0.15) is 30.0 Å². The molecule has 1 aromatic carbocycles. The van der Waals surface area contributed by atoms with E-state index in [-0.39, 0.29) is 36.5 Å². The zero-order valence-corrected chi connectivity index (χ0v) is 17.0. The molecule has 0 fully saturated rings. The molecule has 0 bridgehead atoms. The lowest BCUT2D eigenvalue weighted by Crippen LogP contribution is -2.48. The Kier molecular flexibility index (Phi) is 3.63. The summed E-state index contributed by atoms with van der Waals surface area (Å²) in [5.74, 6) is 0.496. The van der Waals surface area contributed by atoms with E-state index in [9.17, 15) is 14.4 Å². The molecule has 0 saturated heterocycles. The number of carbonyl (C=O) groups is 2. The molecule has 1 atom stereocenters. The lowest BCUT2D eigenvalue weighted by molar-refractivity contribution is -0.172. The number of primary amides is 1. The second-order valence-corrected chi connectivity index (χ2v) is 7.89. The number of benzene rings is 1. The zero-order valence-electron chi connectivity index (χ0n) is 17.0. The highest BCUT2D eigenvalue weighted by Gasteiger charge is 2.50. The molecule has 3 aliphatic rings. The number of hydrogen-bond donors (Lipinski definition) is 1. The minimum atomic E-state index is -1.78. The number of amides is 1. The first-order valence-corrected chi connectivity index (χ1v) is 10.1. The van der Waals surface area contributed by atoms with Crippen LogP contribution in [0.3, 0.4) is 0 Å². The van der Waals surface area contributed by atoms with E-state index in [1.807, 2.05) is 12.1 Å². The zero-order chi connectivity index (χ0) is 22.2. The minimum Gasteiger partial charge on any atom is -0.457 e. The van der Waals surface area contributed by atoms with Crippen LogP contribution in [0.15, 0.2) is 29.1 Å². The predicted octanol–water partition coefficient (Wildman–Crippen LogP) is 1.91. The molecule has 0 radical (unpaired) electrons. The third-order valence-electron chi connectivity index (χ3n) is 6.24. The van der Waals surface area contributed by atoms with Gasteiger partial charge in [0, 0.05) is 22.6 Å². The number of nitrogens with zero attached hydrogens (tertiary/aromatic N) is 2. The fourth-order valence-corrected chi connectivity index (χ4v) is 4.70. The molecule has 6 rings (SSSR count). The number of nitrogens with two attached hydrogens (primary N) is 1. The van der Waals surface area contributed by atoms with E-state index in [0.717, 1.165) is 10.9 Å². The first-order chi connectivity index (χ1) is 15.4. The molecule has 0 spiro atoms. The van der Waals surface area contributed by atoms with Crippen LogP contribution in [0.4, 0.5) is 4.79 Å². The van der Waals surface area contributed by atoms with E-state index in [1.165, 1.54) is 0 Å². The summed E-state index contributed by atoms with van der Waals surface area (Å²) in [4.78, 5) is 42.4. The molecule has 32 heavy (non-hydrogen) atoms. The summed E-state index contributed by atoms with van der Waals surface area (Å²) in [6.45, 7) is 1.93.